The van der Waals surface area contributed by atoms with Gasteiger partial charge in [0, 0.05) is 6.54 Å². The van der Waals surface area contributed by atoms with Gasteiger partial charge in [-0.05, 0) is 17.7 Å². The first kappa shape index (κ1) is 13.0. The molecule has 1 fully saturated rings. The van der Waals surface area contributed by atoms with Gasteiger partial charge in [0.25, 0.3) is 5.91 Å². The predicted octanol–water partition coefficient (Wildman–Crippen LogP) is 0.0400. The Morgan fingerprint density at radius 3 is 2.53 bits per heavy atom. The van der Waals surface area contributed by atoms with E-state index in [-0.39, 0.29) is 24.7 Å². The Morgan fingerprint density at radius 2 is 1.95 bits per heavy atom. The minimum absolute atomic E-state index is 0.126. The van der Waals surface area contributed by atoms with Crippen LogP contribution >= 0.6 is 0 Å². The van der Waals surface area contributed by atoms with Crippen molar-refractivity contribution in [2.24, 2.45) is 0 Å². The molecule has 1 aliphatic rings. The van der Waals surface area contributed by atoms with Crippen LogP contribution in [0.2, 0.25) is 0 Å². The number of benzene rings is 1. The molecule has 4 amide bonds. The summed E-state index contributed by atoms with van der Waals surface area (Å²) in [7, 11) is 0. The van der Waals surface area contributed by atoms with E-state index in [0.29, 0.717) is 0 Å². The van der Waals surface area contributed by atoms with Crippen LogP contribution in [0.5, 0.6) is 0 Å². The van der Waals surface area contributed by atoms with Crippen molar-refractivity contribution < 1.29 is 18.8 Å². The van der Waals surface area contributed by atoms with E-state index < -0.39 is 18.0 Å². The van der Waals surface area contributed by atoms with Crippen LogP contribution < -0.4 is 16.0 Å². The highest BCUT2D eigenvalue weighted by Gasteiger charge is 2.30. The molecule has 0 bridgehead atoms. The zero-order chi connectivity index (χ0) is 13.8. The highest BCUT2D eigenvalue weighted by Crippen LogP contribution is 2.03. The van der Waals surface area contributed by atoms with Gasteiger partial charge in [0.2, 0.25) is 5.91 Å². The fraction of sp³-hybridized carbons (Fsp3) is 0.250. The molecule has 0 aliphatic carbocycles. The van der Waals surface area contributed by atoms with Gasteiger partial charge in [0.1, 0.15) is 11.9 Å². The second-order valence-electron chi connectivity index (χ2n) is 4.12. The standard InChI is InChI=1S/C12H12FN3O3/c13-8-3-1-7(2-4-8)6-14-10(17)5-9-11(18)16-12(19)15-9/h1-4,9H,5-6H2,(H,14,17)(H2,15,16,18,19). The summed E-state index contributed by atoms with van der Waals surface area (Å²) in [4.78, 5) is 33.6. The van der Waals surface area contributed by atoms with Crippen LogP contribution in [-0.4, -0.2) is 23.9 Å². The number of rotatable bonds is 4. The van der Waals surface area contributed by atoms with E-state index in [1.54, 1.807) is 12.1 Å². The van der Waals surface area contributed by atoms with Crippen LogP contribution in [0.4, 0.5) is 9.18 Å². The Balaban J connectivity index is 1.80. The maximum absolute atomic E-state index is 12.7. The fourth-order valence-electron chi connectivity index (χ4n) is 1.66. The lowest BCUT2D eigenvalue weighted by Crippen LogP contribution is -2.36. The minimum atomic E-state index is -0.833. The molecule has 0 saturated carbocycles. The Kier molecular flexibility index (Phi) is 3.74. The summed E-state index contributed by atoms with van der Waals surface area (Å²) in [6, 6.07) is 4.28. The first-order valence-corrected chi connectivity index (χ1v) is 5.67. The highest BCUT2D eigenvalue weighted by molar-refractivity contribution is 6.05. The first-order chi connectivity index (χ1) is 9.04. The number of hydrogen-bond acceptors (Lipinski definition) is 3. The normalized spacial score (nSPS) is 17.8. The Bertz CT molecular complexity index is 515. The van der Waals surface area contributed by atoms with E-state index in [2.05, 4.69) is 10.6 Å². The van der Waals surface area contributed by atoms with Gasteiger partial charge in [-0.2, -0.15) is 0 Å². The van der Waals surface area contributed by atoms with Gasteiger partial charge in [-0.3, -0.25) is 14.9 Å². The Morgan fingerprint density at radius 1 is 1.26 bits per heavy atom. The minimum Gasteiger partial charge on any atom is -0.352 e. The number of halogens is 1. The summed E-state index contributed by atoms with van der Waals surface area (Å²) in [6.45, 7) is 0.237. The maximum Gasteiger partial charge on any atom is 0.322 e. The number of imide groups is 1. The second kappa shape index (κ2) is 5.47. The third-order valence-electron chi connectivity index (χ3n) is 2.65. The van der Waals surface area contributed by atoms with Crippen molar-refractivity contribution in [2.75, 3.05) is 0 Å². The zero-order valence-electron chi connectivity index (χ0n) is 9.90. The number of carbonyl (C=O) groups excluding carboxylic acids is 3. The van der Waals surface area contributed by atoms with Crippen LogP contribution in [0.25, 0.3) is 0 Å². The van der Waals surface area contributed by atoms with E-state index in [1.807, 2.05) is 5.32 Å². The topological polar surface area (TPSA) is 87.3 Å². The molecule has 7 heteroatoms. The summed E-state index contributed by atoms with van der Waals surface area (Å²) in [5.41, 5.74) is 0.745. The molecule has 1 atom stereocenters. The van der Waals surface area contributed by atoms with Crippen LogP contribution in [0.3, 0.4) is 0 Å². The van der Waals surface area contributed by atoms with Crippen molar-refractivity contribution >= 4 is 17.8 Å². The third-order valence-corrected chi connectivity index (χ3v) is 2.65. The second-order valence-corrected chi connectivity index (χ2v) is 4.12. The summed E-state index contributed by atoms with van der Waals surface area (Å²) in [5, 5.41) is 6.96. The van der Waals surface area contributed by atoms with Crippen molar-refractivity contribution in [3.8, 4) is 0 Å². The smallest absolute Gasteiger partial charge is 0.322 e. The summed E-state index contributed by atoms with van der Waals surface area (Å²) < 4.78 is 12.7. The SMILES string of the molecule is O=C(CC1NC(=O)NC1=O)NCc1ccc(F)cc1. The third kappa shape index (κ3) is 3.51. The largest absolute Gasteiger partial charge is 0.352 e. The number of urea groups is 1. The van der Waals surface area contributed by atoms with Crippen molar-refractivity contribution in [1.82, 2.24) is 16.0 Å². The quantitative estimate of drug-likeness (QED) is 0.672. The maximum atomic E-state index is 12.7. The van der Waals surface area contributed by atoms with Gasteiger partial charge in [-0.25, -0.2) is 9.18 Å². The Hall–Kier alpha value is -2.44. The first-order valence-electron chi connectivity index (χ1n) is 5.67. The van der Waals surface area contributed by atoms with Gasteiger partial charge in [0.05, 0.1) is 6.42 Å². The average molecular weight is 265 g/mol. The molecule has 2 rings (SSSR count). The monoisotopic (exact) mass is 265 g/mol. The molecular formula is C12H12FN3O3. The van der Waals surface area contributed by atoms with Gasteiger partial charge in [-0.15, -0.1) is 0 Å². The van der Waals surface area contributed by atoms with E-state index >= 15 is 0 Å². The summed E-state index contributed by atoms with van der Waals surface area (Å²) in [6.07, 6.45) is -0.126. The lowest BCUT2D eigenvalue weighted by Gasteiger charge is -2.08. The predicted molar refractivity (Wildman–Crippen MR) is 63.3 cm³/mol. The summed E-state index contributed by atoms with van der Waals surface area (Å²) in [5.74, 6) is -1.23. The van der Waals surface area contributed by atoms with Crippen LogP contribution in [0, 0.1) is 5.82 Å². The molecule has 1 saturated heterocycles. The molecule has 1 aromatic carbocycles. The van der Waals surface area contributed by atoms with Crippen molar-refractivity contribution in [3.05, 3.63) is 35.6 Å². The molecule has 0 aromatic heterocycles. The lowest BCUT2D eigenvalue weighted by atomic mass is 10.2. The van der Waals surface area contributed by atoms with E-state index in [0.717, 1.165) is 5.56 Å². The number of amides is 4. The molecule has 1 aromatic rings. The van der Waals surface area contributed by atoms with Crippen molar-refractivity contribution in [1.29, 1.82) is 0 Å². The molecule has 19 heavy (non-hydrogen) atoms. The molecule has 1 heterocycles. The molecule has 0 radical (unpaired) electrons. The summed E-state index contributed by atoms with van der Waals surface area (Å²) >= 11 is 0. The van der Waals surface area contributed by atoms with Gasteiger partial charge in [-0.1, -0.05) is 12.1 Å². The van der Waals surface area contributed by atoms with Gasteiger partial charge in [0.15, 0.2) is 0 Å². The highest BCUT2D eigenvalue weighted by atomic mass is 19.1. The fourth-order valence-corrected chi connectivity index (χ4v) is 1.66. The molecule has 6 nitrogen and oxygen atoms in total. The molecule has 0 spiro atoms. The van der Waals surface area contributed by atoms with E-state index in [1.165, 1.54) is 12.1 Å². The van der Waals surface area contributed by atoms with Crippen LogP contribution in [0.1, 0.15) is 12.0 Å². The molecule has 100 valence electrons. The molecular weight excluding hydrogens is 253 g/mol. The van der Waals surface area contributed by atoms with E-state index in [4.69, 9.17) is 0 Å². The van der Waals surface area contributed by atoms with Gasteiger partial charge >= 0.3 is 6.03 Å². The molecule has 3 N–H and O–H groups in total. The number of carbonyl (C=O) groups is 3. The Labute approximate surface area is 108 Å². The van der Waals surface area contributed by atoms with E-state index in [9.17, 15) is 18.8 Å². The van der Waals surface area contributed by atoms with Crippen molar-refractivity contribution in [2.45, 2.75) is 19.0 Å². The molecule has 1 unspecified atom stereocenters. The number of nitrogens with one attached hydrogen (secondary N) is 3. The van der Waals surface area contributed by atoms with Crippen molar-refractivity contribution in [3.63, 3.8) is 0 Å². The van der Waals surface area contributed by atoms with Crippen LogP contribution in [0.15, 0.2) is 24.3 Å². The lowest BCUT2D eigenvalue weighted by molar-refractivity contribution is -0.126. The van der Waals surface area contributed by atoms with Gasteiger partial charge < -0.3 is 10.6 Å². The van der Waals surface area contributed by atoms with Crippen LogP contribution in [-0.2, 0) is 16.1 Å². The molecule has 1 aliphatic heterocycles. The number of hydrogen-bond donors (Lipinski definition) is 3. The average Bonchev–Trinajstić information content (AvgIpc) is 2.67. The zero-order valence-corrected chi connectivity index (χ0v) is 9.90.